The van der Waals surface area contributed by atoms with E-state index in [-0.39, 0.29) is 18.1 Å². The van der Waals surface area contributed by atoms with Crippen molar-refractivity contribution in [2.45, 2.75) is 44.7 Å². The minimum Gasteiger partial charge on any atom is -0.325 e. The number of benzene rings is 2. The lowest BCUT2D eigenvalue weighted by molar-refractivity contribution is 0.177. The molecule has 0 radical (unpaired) electrons. The number of fused-ring (bicyclic) bond motifs is 2. The van der Waals surface area contributed by atoms with Gasteiger partial charge >= 0.3 is 6.03 Å². The quantitative estimate of drug-likeness (QED) is 0.199. The normalized spacial score (nSPS) is 17.3. The second-order valence-corrected chi connectivity index (χ2v) is 11.5. The van der Waals surface area contributed by atoms with Crippen LogP contribution in [0, 0.1) is 17.2 Å². The van der Waals surface area contributed by atoms with Crippen molar-refractivity contribution in [1.29, 1.82) is 5.26 Å². The van der Waals surface area contributed by atoms with E-state index in [2.05, 4.69) is 52.5 Å². The third-order valence-electron chi connectivity index (χ3n) is 8.23. The molecule has 0 bridgehead atoms. The maximum absolute atomic E-state index is 13.1. The van der Waals surface area contributed by atoms with E-state index >= 15 is 0 Å². The SMILES string of the molecule is C=CC=NC(C)NCCCC1=Cc2cccnc2C(C2CCN(C(=O)Nc3ccc(C#N)cc3)CC2)c2ccc(Cl)cc21. The smallest absolute Gasteiger partial charge is 0.321 e. The first-order chi connectivity index (χ1) is 21.0. The molecule has 2 amide bonds. The van der Waals surface area contributed by atoms with E-state index in [0.29, 0.717) is 30.3 Å². The molecule has 2 heterocycles. The van der Waals surface area contributed by atoms with Crippen molar-refractivity contribution in [3.63, 3.8) is 0 Å². The van der Waals surface area contributed by atoms with E-state index in [4.69, 9.17) is 21.8 Å². The number of anilines is 1. The van der Waals surface area contributed by atoms with Crippen LogP contribution in [0.4, 0.5) is 10.5 Å². The number of aliphatic imine (C=N–C) groups is 1. The largest absolute Gasteiger partial charge is 0.325 e. The number of nitrogens with zero attached hydrogens (tertiary/aromatic N) is 4. The summed E-state index contributed by atoms with van der Waals surface area (Å²) in [5.41, 5.74) is 7.19. The predicted molar refractivity (Wildman–Crippen MR) is 175 cm³/mol. The molecule has 1 aliphatic carbocycles. The minimum absolute atomic E-state index is 0.0363. The van der Waals surface area contributed by atoms with Crippen LogP contribution in [-0.4, -0.2) is 47.9 Å². The number of pyridine rings is 1. The Morgan fingerprint density at radius 3 is 2.77 bits per heavy atom. The maximum atomic E-state index is 13.1. The summed E-state index contributed by atoms with van der Waals surface area (Å²) in [6.07, 6.45) is 11.2. The highest BCUT2D eigenvalue weighted by Gasteiger charge is 2.35. The Balaban J connectivity index is 1.33. The molecular weight excluding hydrogens is 556 g/mol. The van der Waals surface area contributed by atoms with Gasteiger partial charge in [0, 0.05) is 42.1 Å². The predicted octanol–water partition coefficient (Wildman–Crippen LogP) is 7.51. The topological polar surface area (TPSA) is 93.4 Å². The molecule has 220 valence electrons. The number of allylic oxidation sites excluding steroid dienone is 2. The summed E-state index contributed by atoms with van der Waals surface area (Å²) in [4.78, 5) is 24.3. The van der Waals surface area contributed by atoms with Crippen LogP contribution in [0.15, 0.2) is 78.4 Å². The first-order valence-electron chi connectivity index (χ1n) is 14.9. The number of nitriles is 1. The van der Waals surface area contributed by atoms with Gasteiger partial charge in [-0.3, -0.25) is 15.3 Å². The second kappa shape index (κ2) is 14.3. The first kappa shape index (κ1) is 30.2. The summed E-state index contributed by atoms with van der Waals surface area (Å²) in [7, 11) is 0. The zero-order chi connectivity index (χ0) is 30.2. The Morgan fingerprint density at radius 1 is 1.23 bits per heavy atom. The van der Waals surface area contributed by atoms with Gasteiger partial charge in [0.15, 0.2) is 0 Å². The van der Waals surface area contributed by atoms with Crippen molar-refractivity contribution in [3.8, 4) is 6.07 Å². The number of aromatic nitrogens is 1. The van der Waals surface area contributed by atoms with Crippen LogP contribution in [0.1, 0.15) is 66.5 Å². The standard InChI is InChI=1S/C35H37ClN6O/c1-3-16-38-24(2)39-17-4-6-27-21-28-7-5-18-40-34(28)33(31-13-10-29(36)22-32(27)31)26-14-19-42(20-15-26)35(43)41-30-11-8-25(23-37)9-12-30/h3,5,7-13,16,18,21-22,24,26,33,39H,1,4,6,14-15,17,19-20H2,2H3,(H,41,43). The number of halogens is 1. The van der Waals surface area contributed by atoms with Gasteiger partial charge in [-0.2, -0.15) is 5.26 Å². The monoisotopic (exact) mass is 592 g/mol. The van der Waals surface area contributed by atoms with Crippen LogP contribution in [0.25, 0.3) is 11.6 Å². The molecule has 2 N–H and O–H groups in total. The van der Waals surface area contributed by atoms with Crippen molar-refractivity contribution >= 4 is 41.2 Å². The molecule has 5 rings (SSSR count). The van der Waals surface area contributed by atoms with Gasteiger partial charge in [0.05, 0.1) is 23.5 Å². The second-order valence-electron chi connectivity index (χ2n) is 11.1. The summed E-state index contributed by atoms with van der Waals surface area (Å²) in [6.45, 7) is 7.89. The van der Waals surface area contributed by atoms with Gasteiger partial charge in [-0.05, 0) is 116 Å². The summed E-state index contributed by atoms with van der Waals surface area (Å²) in [5.74, 6) is 0.429. The fraction of sp³-hybridized carbons (Fsp3) is 0.314. The summed E-state index contributed by atoms with van der Waals surface area (Å²) in [5, 5.41) is 16.2. The van der Waals surface area contributed by atoms with Gasteiger partial charge in [0.2, 0.25) is 0 Å². The van der Waals surface area contributed by atoms with Crippen molar-refractivity contribution in [3.05, 3.63) is 106 Å². The van der Waals surface area contributed by atoms with E-state index in [1.807, 2.05) is 30.2 Å². The third-order valence-corrected chi connectivity index (χ3v) is 8.47. The lowest BCUT2D eigenvalue weighted by Crippen LogP contribution is -2.42. The fourth-order valence-electron chi connectivity index (χ4n) is 6.09. The Bertz CT molecular complexity index is 1550. The van der Waals surface area contributed by atoms with Gasteiger partial charge < -0.3 is 10.2 Å². The Hall–Kier alpha value is -4.25. The molecule has 0 spiro atoms. The van der Waals surface area contributed by atoms with E-state index in [1.165, 1.54) is 16.7 Å². The van der Waals surface area contributed by atoms with Crippen molar-refractivity contribution in [2.24, 2.45) is 10.9 Å². The van der Waals surface area contributed by atoms with Crippen LogP contribution in [0.5, 0.6) is 0 Å². The number of hydrogen-bond donors (Lipinski definition) is 2. The number of urea groups is 1. The molecule has 2 atom stereocenters. The van der Waals surface area contributed by atoms with E-state index in [0.717, 1.165) is 48.5 Å². The number of amides is 2. The molecule has 0 saturated carbocycles. The molecule has 43 heavy (non-hydrogen) atoms. The van der Waals surface area contributed by atoms with E-state index in [1.54, 1.807) is 36.6 Å². The Morgan fingerprint density at radius 2 is 2.02 bits per heavy atom. The van der Waals surface area contributed by atoms with Crippen molar-refractivity contribution in [1.82, 2.24) is 15.2 Å². The van der Waals surface area contributed by atoms with E-state index < -0.39 is 0 Å². The summed E-state index contributed by atoms with van der Waals surface area (Å²) in [6, 6.07) is 19.4. The Labute approximate surface area is 259 Å². The minimum atomic E-state index is -0.114. The van der Waals surface area contributed by atoms with Gasteiger partial charge in [0.1, 0.15) is 0 Å². The highest BCUT2D eigenvalue weighted by atomic mass is 35.5. The highest BCUT2D eigenvalue weighted by molar-refractivity contribution is 6.30. The molecule has 2 aliphatic rings. The van der Waals surface area contributed by atoms with Crippen LogP contribution >= 0.6 is 11.6 Å². The molecule has 2 aromatic carbocycles. The zero-order valence-electron chi connectivity index (χ0n) is 24.5. The molecule has 1 saturated heterocycles. The molecule has 1 aromatic heterocycles. The number of piperidine rings is 1. The number of hydrogen-bond acceptors (Lipinski definition) is 5. The molecule has 1 aliphatic heterocycles. The van der Waals surface area contributed by atoms with Crippen LogP contribution in [0.2, 0.25) is 5.02 Å². The lowest BCUT2D eigenvalue weighted by atomic mass is 9.76. The number of rotatable bonds is 9. The third kappa shape index (κ3) is 7.40. The van der Waals surface area contributed by atoms with Crippen molar-refractivity contribution in [2.75, 3.05) is 25.0 Å². The summed E-state index contributed by atoms with van der Waals surface area (Å²) >= 11 is 6.58. The molecule has 1 fully saturated rings. The lowest BCUT2D eigenvalue weighted by Gasteiger charge is -2.36. The molecule has 8 heteroatoms. The van der Waals surface area contributed by atoms with Crippen LogP contribution in [-0.2, 0) is 0 Å². The molecule has 2 unspecified atom stereocenters. The van der Waals surface area contributed by atoms with E-state index in [9.17, 15) is 4.79 Å². The Kier molecular flexibility index (Phi) is 10.0. The number of carbonyl (C=O) groups is 1. The van der Waals surface area contributed by atoms with Gasteiger partial charge in [0.25, 0.3) is 0 Å². The van der Waals surface area contributed by atoms with Gasteiger partial charge in [-0.15, -0.1) is 0 Å². The van der Waals surface area contributed by atoms with Gasteiger partial charge in [-0.25, -0.2) is 4.79 Å². The number of carbonyl (C=O) groups excluding carboxylic acids is 1. The number of nitrogens with one attached hydrogen (secondary N) is 2. The average molecular weight is 593 g/mol. The number of likely N-dealkylation sites (tertiary alicyclic amines) is 1. The summed E-state index contributed by atoms with van der Waals surface area (Å²) < 4.78 is 0. The first-order valence-corrected chi connectivity index (χ1v) is 15.2. The van der Waals surface area contributed by atoms with Crippen molar-refractivity contribution < 1.29 is 4.79 Å². The van der Waals surface area contributed by atoms with Crippen LogP contribution in [0.3, 0.4) is 0 Å². The highest BCUT2D eigenvalue weighted by Crippen LogP contribution is 2.45. The fourth-order valence-corrected chi connectivity index (χ4v) is 6.26. The molecule has 3 aromatic rings. The zero-order valence-corrected chi connectivity index (χ0v) is 25.2. The average Bonchev–Trinajstić information content (AvgIpc) is 3.16. The van der Waals surface area contributed by atoms with Crippen LogP contribution < -0.4 is 10.6 Å². The molecule has 7 nitrogen and oxygen atoms in total. The maximum Gasteiger partial charge on any atom is 0.321 e. The van der Waals surface area contributed by atoms with Gasteiger partial charge in [-0.1, -0.05) is 36.4 Å². The molecular formula is C35H37ClN6O.